The van der Waals surface area contributed by atoms with Crippen molar-refractivity contribution in [2.24, 2.45) is 0 Å². The zero-order chi connectivity index (χ0) is 21.4. The fourth-order valence-electron chi connectivity index (χ4n) is 3.41. The smallest absolute Gasteiger partial charge is 0.263 e. The molecule has 5 nitrogen and oxygen atoms in total. The highest BCUT2D eigenvalue weighted by molar-refractivity contribution is 7.19. The summed E-state index contributed by atoms with van der Waals surface area (Å²) in [7, 11) is 0. The number of thiophene rings is 1. The highest BCUT2D eigenvalue weighted by Gasteiger charge is 2.18. The van der Waals surface area contributed by atoms with E-state index in [1.807, 2.05) is 45.0 Å². The van der Waals surface area contributed by atoms with Gasteiger partial charge in [-0.1, -0.05) is 47.5 Å². The van der Waals surface area contributed by atoms with Crippen molar-refractivity contribution >= 4 is 44.7 Å². The molecule has 2 aromatic carbocycles. The van der Waals surface area contributed by atoms with Gasteiger partial charge in [-0.15, -0.1) is 11.3 Å². The zero-order valence-corrected chi connectivity index (χ0v) is 18.4. The van der Waals surface area contributed by atoms with E-state index in [0.29, 0.717) is 20.9 Å². The van der Waals surface area contributed by atoms with E-state index < -0.39 is 0 Å². The summed E-state index contributed by atoms with van der Waals surface area (Å²) in [4.78, 5) is 32.0. The van der Waals surface area contributed by atoms with Crippen LogP contribution in [0.4, 0.5) is 5.69 Å². The number of benzene rings is 2. The summed E-state index contributed by atoms with van der Waals surface area (Å²) in [5.41, 5.74) is 4.19. The van der Waals surface area contributed by atoms with Crippen LogP contribution in [0.2, 0.25) is 5.02 Å². The van der Waals surface area contributed by atoms with Crippen LogP contribution in [0, 0.1) is 20.8 Å². The molecule has 0 aliphatic carbocycles. The van der Waals surface area contributed by atoms with Gasteiger partial charge in [0.15, 0.2) is 0 Å². The predicted molar refractivity (Wildman–Crippen MR) is 124 cm³/mol. The van der Waals surface area contributed by atoms with Gasteiger partial charge < -0.3 is 5.32 Å². The van der Waals surface area contributed by atoms with Crippen molar-refractivity contribution in [3.8, 4) is 11.1 Å². The first-order valence-corrected chi connectivity index (χ1v) is 10.6. The van der Waals surface area contributed by atoms with Gasteiger partial charge in [-0.2, -0.15) is 0 Å². The van der Waals surface area contributed by atoms with E-state index in [1.165, 1.54) is 22.2 Å². The van der Waals surface area contributed by atoms with Crippen molar-refractivity contribution in [2.45, 2.75) is 27.3 Å². The number of amides is 1. The molecule has 30 heavy (non-hydrogen) atoms. The maximum atomic E-state index is 13.2. The molecule has 0 atom stereocenters. The Morgan fingerprint density at radius 1 is 1.13 bits per heavy atom. The van der Waals surface area contributed by atoms with Gasteiger partial charge in [0, 0.05) is 21.2 Å². The van der Waals surface area contributed by atoms with Crippen LogP contribution in [0.1, 0.15) is 16.0 Å². The van der Waals surface area contributed by atoms with Crippen molar-refractivity contribution in [1.82, 2.24) is 9.55 Å². The number of hydrogen-bond acceptors (Lipinski definition) is 4. The number of hydrogen-bond donors (Lipinski definition) is 1. The first kappa shape index (κ1) is 20.3. The molecule has 1 N–H and O–H groups in total. The molecule has 0 aliphatic rings. The summed E-state index contributed by atoms with van der Waals surface area (Å²) in [5, 5.41) is 3.95. The fourth-order valence-corrected chi connectivity index (χ4v) is 4.58. The Labute approximate surface area is 183 Å². The first-order chi connectivity index (χ1) is 14.3. The quantitative estimate of drug-likeness (QED) is 0.468. The van der Waals surface area contributed by atoms with Gasteiger partial charge in [0.1, 0.15) is 11.4 Å². The molecule has 2 heterocycles. The number of carbonyl (C=O) groups is 1. The number of aryl methyl sites for hydroxylation is 2. The molecule has 0 radical (unpaired) electrons. The second-order valence-electron chi connectivity index (χ2n) is 7.22. The SMILES string of the molecule is Cc1ccc(-c2c(C)sc3ncn(CC(=O)Nc4cccc(Cl)c4C)c(=O)c23)cc1. The third kappa shape index (κ3) is 3.76. The molecule has 0 unspecified atom stereocenters. The largest absolute Gasteiger partial charge is 0.324 e. The Hall–Kier alpha value is -2.96. The van der Waals surface area contributed by atoms with Crippen LogP contribution >= 0.6 is 22.9 Å². The van der Waals surface area contributed by atoms with E-state index in [-0.39, 0.29) is 18.0 Å². The fraction of sp³-hybridized carbons (Fsp3) is 0.174. The first-order valence-electron chi connectivity index (χ1n) is 9.45. The number of fused-ring (bicyclic) bond motifs is 1. The third-order valence-corrected chi connectivity index (χ3v) is 6.47. The van der Waals surface area contributed by atoms with Crippen molar-refractivity contribution in [2.75, 3.05) is 5.32 Å². The monoisotopic (exact) mass is 437 g/mol. The standard InChI is InChI=1S/C23H20ClN3O2S/c1-13-7-9-16(10-8-13)20-15(3)30-22-21(20)23(29)27(12-25-22)11-19(28)26-18-6-4-5-17(24)14(18)2/h4-10,12H,11H2,1-3H3,(H,26,28). The summed E-state index contributed by atoms with van der Waals surface area (Å²) in [6.07, 6.45) is 1.43. The van der Waals surface area contributed by atoms with Crippen LogP contribution in [0.3, 0.4) is 0 Å². The lowest BCUT2D eigenvalue weighted by Gasteiger charge is -2.11. The van der Waals surface area contributed by atoms with Crippen molar-refractivity contribution < 1.29 is 4.79 Å². The van der Waals surface area contributed by atoms with E-state index in [1.54, 1.807) is 18.2 Å². The number of nitrogens with zero attached hydrogens (tertiary/aromatic N) is 2. The molecule has 4 aromatic rings. The minimum absolute atomic E-state index is 0.129. The van der Waals surface area contributed by atoms with Crippen LogP contribution in [-0.4, -0.2) is 15.5 Å². The molecule has 0 saturated carbocycles. The molecule has 2 aromatic heterocycles. The van der Waals surface area contributed by atoms with Crippen LogP contribution < -0.4 is 10.9 Å². The molecule has 152 valence electrons. The highest BCUT2D eigenvalue weighted by atomic mass is 35.5. The van der Waals surface area contributed by atoms with E-state index in [0.717, 1.165) is 27.1 Å². The molecule has 4 rings (SSSR count). The van der Waals surface area contributed by atoms with Gasteiger partial charge >= 0.3 is 0 Å². The van der Waals surface area contributed by atoms with Gasteiger partial charge in [0.05, 0.1) is 11.7 Å². The normalized spacial score (nSPS) is 11.1. The molecule has 0 saturated heterocycles. The van der Waals surface area contributed by atoms with Gasteiger partial charge in [-0.3, -0.25) is 14.2 Å². The maximum absolute atomic E-state index is 13.2. The summed E-state index contributed by atoms with van der Waals surface area (Å²) in [5.74, 6) is -0.313. The summed E-state index contributed by atoms with van der Waals surface area (Å²) >= 11 is 7.61. The topological polar surface area (TPSA) is 64.0 Å². The van der Waals surface area contributed by atoms with Gasteiger partial charge in [0.25, 0.3) is 5.56 Å². The minimum atomic E-state index is -0.313. The Kier molecular flexibility index (Phi) is 5.45. The molecule has 7 heteroatoms. The lowest BCUT2D eigenvalue weighted by atomic mass is 10.0. The highest BCUT2D eigenvalue weighted by Crippen LogP contribution is 2.35. The average molecular weight is 438 g/mol. The maximum Gasteiger partial charge on any atom is 0.263 e. The van der Waals surface area contributed by atoms with Crippen molar-refractivity contribution in [1.29, 1.82) is 0 Å². The van der Waals surface area contributed by atoms with E-state index in [2.05, 4.69) is 10.3 Å². The number of anilines is 1. The predicted octanol–water partition coefficient (Wildman–Crippen LogP) is 5.34. The van der Waals surface area contributed by atoms with E-state index >= 15 is 0 Å². The van der Waals surface area contributed by atoms with Crippen molar-refractivity contribution in [3.63, 3.8) is 0 Å². The number of rotatable bonds is 4. The van der Waals surface area contributed by atoms with E-state index in [4.69, 9.17) is 11.6 Å². The Bertz CT molecular complexity index is 1320. The van der Waals surface area contributed by atoms with Crippen LogP contribution in [-0.2, 0) is 11.3 Å². The number of halogens is 1. The van der Waals surface area contributed by atoms with Crippen LogP contribution in [0.25, 0.3) is 21.3 Å². The average Bonchev–Trinajstić information content (AvgIpc) is 3.05. The second kappa shape index (κ2) is 8.05. The third-order valence-electron chi connectivity index (χ3n) is 5.05. The Morgan fingerprint density at radius 2 is 1.87 bits per heavy atom. The second-order valence-corrected chi connectivity index (χ2v) is 8.83. The van der Waals surface area contributed by atoms with E-state index in [9.17, 15) is 9.59 Å². The minimum Gasteiger partial charge on any atom is -0.324 e. The number of carbonyl (C=O) groups excluding carboxylic acids is 1. The zero-order valence-electron chi connectivity index (χ0n) is 16.8. The van der Waals surface area contributed by atoms with Gasteiger partial charge in [0.2, 0.25) is 5.91 Å². The van der Waals surface area contributed by atoms with Crippen LogP contribution in [0.15, 0.2) is 53.6 Å². The Morgan fingerprint density at radius 3 is 2.60 bits per heavy atom. The summed E-state index contributed by atoms with van der Waals surface area (Å²) in [6.45, 7) is 5.72. The summed E-state index contributed by atoms with van der Waals surface area (Å²) in [6, 6.07) is 13.4. The Balaban J connectivity index is 1.70. The molecule has 0 spiro atoms. The molecular weight excluding hydrogens is 418 g/mol. The lowest BCUT2D eigenvalue weighted by molar-refractivity contribution is -0.116. The van der Waals surface area contributed by atoms with Gasteiger partial charge in [-0.05, 0) is 44.0 Å². The van der Waals surface area contributed by atoms with Gasteiger partial charge in [-0.25, -0.2) is 4.98 Å². The van der Waals surface area contributed by atoms with Crippen molar-refractivity contribution in [3.05, 3.63) is 80.2 Å². The molecule has 0 fully saturated rings. The molecule has 0 bridgehead atoms. The lowest BCUT2D eigenvalue weighted by Crippen LogP contribution is -2.28. The van der Waals surface area contributed by atoms with Crippen LogP contribution in [0.5, 0.6) is 0 Å². The number of nitrogens with one attached hydrogen (secondary N) is 1. The number of aromatic nitrogens is 2. The molecule has 1 amide bonds. The molecular formula is C23H20ClN3O2S. The summed E-state index contributed by atoms with van der Waals surface area (Å²) < 4.78 is 1.35. The molecule has 0 aliphatic heterocycles.